The van der Waals surface area contributed by atoms with Crippen molar-refractivity contribution in [2.45, 2.75) is 18.5 Å². The van der Waals surface area contributed by atoms with Gasteiger partial charge in [-0.3, -0.25) is 10.3 Å². The number of nitrogens with zero attached hydrogens (tertiary/aromatic N) is 1. The molecule has 0 radical (unpaired) electrons. The van der Waals surface area contributed by atoms with E-state index in [9.17, 15) is 0 Å². The maximum Gasteiger partial charge on any atom is 0.201 e. The van der Waals surface area contributed by atoms with Crippen molar-refractivity contribution in [3.05, 3.63) is 59.2 Å². The number of ether oxygens (including phenoxy) is 3. The molecule has 2 atom stereocenters. The number of hydrogen-bond donors (Lipinski definition) is 1. The van der Waals surface area contributed by atoms with Crippen molar-refractivity contribution in [1.82, 2.24) is 5.32 Å². The first-order valence-electron chi connectivity index (χ1n) is 8.53. The highest BCUT2D eigenvalue weighted by Gasteiger charge is 2.33. The van der Waals surface area contributed by atoms with Crippen molar-refractivity contribution in [2.75, 3.05) is 27.4 Å². The van der Waals surface area contributed by atoms with Crippen LogP contribution in [0.1, 0.15) is 22.7 Å². The lowest BCUT2D eigenvalue weighted by atomic mass is 9.86. The predicted octanol–water partition coefficient (Wildman–Crippen LogP) is 2.74. The van der Waals surface area contributed by atoms with Gasteiger partial charge in [0.25, 0.3) is 0 Å². The van der Waals surface area contributed by atoms with Gasteiger partial charge in [-0.05, 0) is 35.2 Å². The molecule has 0 saturated carbocycles. The zero-order valence-electron chi connectivity index (χ0n) is 14.5. The molecule has 25 heavy (non-hydrogen) atoms. The fraction of sp³-hybridized carbons (Fsp3) is 0.350. The maximum atomic E-state index is 5.72. The molecule has 1 N–H and O–H groups in total. The molecule has 4 rings (SSSR count). The Hall–Kier alpha value is -2.53. The molecular formula is C20H22N2O3. The van der Waals surface area contributed by atoms with Gasteiger partial charge in [-0.2, -0.15) is 0 Å². The summed E-state index contributed by atoms with van der Waals surface area (Å²) in [5.41, 5.74) is 3.64. The van der Waals surface area contributed by atoms with Crippen LogP contribution in [0.15, 0.2) is 47.5 Å². The third kappa shape index (κ3) is 2.96. The van der Waals surface area contributed by atoms with Gasteiger partial charge >= 0.3 is 0 Å². The molecule has 0 bridgehead atoms. The van der Waals surface area contributed by atoms with E-state index >= 15 is 0 Å². The highest BCUT2D eigenvalue weighted by Crippen LogP contribution is 2.38. The fourth-order valence-corrected chi connectivity index (χ4v) is 3.59. The van der Waals surface area contributed by atoms with Crippen LogP contribution in [0.5, 0.6) is 11.5 Å². The molecule has 0 saturated heterocycles. The number of fused-ring (bicyclic) bond motifs is 1. The van der Waals surface area contributed by atoms with Gasteiger partial charge in [0.05, 0.1) is 32.8 Å². The second-order valence-electron chi connectivity index (χ2n) is 6.24. The molecule has 0 fully saturated rings. The minimum Gasteiger partial charge on any atom is -0.493 e. The second-order valence-corrected chi connectivity index (χ2v) is 6.24. The van der Waals surface area contributed by atoms with Gasteiger partial charge in [-0.1, -0.05) is 30.3 Å². The molecule has 0 spiro atoms. The topological polar surface area (TPSA) is 52.1 Å². The Kier molecular flexibility index (Phi) is 4.32. The largest absolute Gasteiger partial charge is 0.493 e. The van der Waals surface area contributed by atoms with Crippen LogP contribution in [-0.4, -0.2) is 39.3 Å². The van der Waals surface area contributed by atoms with E-state index in [1.165, 1.54) is 16.7 Å². The molecule has 2 aromatic carbocycles. The Morgan fingerprint density at radius 2 is 1.84 bits per heavy atom. The Bertz CT molecular complexity index is 789. The lowest BCUT2D eigenvalue weighted by Gasteiger charge is -2.33. The number of hydrogen-bond acceptors (Lipinski definition) is 5. The first-order chi connectivity index (χ1) is 12.3. The van der Waals surface area contributed by atoms with Gasteiger partial charge in [-0.15, -0.1) is 0 Å². The summed E-state index contributed by atoms with van der Waals surface area (Å²) < 4.78 is 16.7. The van der Waals surface area contributed by atoms with E-state index in [0.717, 1.165) is 30.4 Å². The summed E-state index contributed by atoms with van der Waals surface area (Å²) in [6, 6.07) is 14.7. The van der Waals surface area contributed by atoms with Crippen LogP contribution in [0.2, 0.25) is 0 Å². The van der Waals surface area contributed by atoms with Gasteiger partial charge in [-0.25, -0.2) is 0 Å². The maximum absolute atomic E-state index is 5.72. The quantitative estimate of drug-likeness (QED) is 0.931. The summed E-state index contributed by atoms with van der Waals surface area (Å²) in [5, 5.41) is 3.70. The molecule has 5 heteroatoms. The van der Waals surface area contributed by atoms with Crippen molar-refractivity contribution < 1.29 is 14.2 Å². The number of benzene rings is 2. The van der Waals surface area contributed by atoms with E-state index < -0.39 is 0 Å². The van der Waals surface area contributed by atoms with Crippen molar-refractivity contribution in [1.29, 1.82) is 0 Å². The number of aliphatic imine (C=N–C) groups is 1. The van der Waals surface area contributed by atoms with Crippen LogP contribution in [0.3, 0.4) is 0 Å². The summed E-state index contributed by atoms with van der Waals surface area (Å²) in [5.74, 6) is 2.31. The molecule has 2 aliphatic rings. The summed E-state index contributed by atoms with van der Waals surface area (Å²) in [6.07, 6.45) is 0.817. The summed E-state index contributed by atoms with van der Waals surface area (Å²) in [4.78, 5) is 4.51. The van der Waals surface area contributed by atoms with Crippen molar-refractivity contribution in [3.63, 3.8) is 0 Å². The Morgan fingerprint density at radius 1 is 1.08 bits per heavy atom. The van der Waals surface area contributed by atoms with E-state index in [0.29, 0.717) is 6.61 Å². The van der Waals surface area contributed by atoms with Crippen molar-refractivity contribution >= 4 is 5.90 Å². The van der Waals surface area contributed by atoms with Crippen LogP contribution in [-0.2, 0) is 11.2 Å². The van der Waals surface area contributed by atoms with Gasteiger partial charge in [0.1, 0.15) is 6.61 Å². The minimum atomic E-state index is 0.0571. The first-order valence-corrected chi connectivity index (χ1v) is 8.53. The monoisotopic (exact) mass is 338 g/mol. The summed E-state index contributed by atoms with van der Waals surface area (Å²) >= 11 is 0. The van der Waals surface area contributed by atoms with Crippen LogP contribution >= 0.6 is 0 Å². The van der Waals surface area contributed by atoms with E-state index in [2.05, 4.69) is 46.7 Å². The SMILES string of the molecule is COc1cc2c(cc1OC)[C@@H](c1ccccc1)N[C@H](C1=NCCO1)C2. The third-order valence-electron chi connectivity index (χ3n) is 4.79. The predicted molar refractivity (Wildman–Crippen MR) is 96.7 cm³/mol. The van der Waals surface area contributed by atoms with Crippen LogP contribution in [0, 0.1) is 0 Å². The average molecular weight is 338 g/mol. The summed E-state index contributed by atoms with van der Waals surface area (Å²) in [6.45, 7) is 1.41. The summed E-state index contributed by atoms with van der Waals surface area (Å²) in [7, 11) is 3.34. The zero-order valence-corrected chi connectivity index (χ0v) is 14.5. The molecule has 2 heterocycles. The van der Waals surface area contributed by atoms with Crippen LogP contribution in [0.4, 0.5) is 0 Å². The smallest absolute Gasteiger partial charge is 0.201 e. The van der Waals surface area contributed by atoms with Crippen LogP contribution < -0.4 is 14.8 Å². The van der Waals surface area contributed by atoms with Crippen molar-refractivity contribution in [2.24, 2.45) is 4.99 Å². The standard InChI is InChI=1S/C20H22N2O3/c1-23-17-11-14-10-16(20-21-8-9-25-20)22-19(13-6-4-3-5-7-13)15(14)12-18(17)24-2/h3-7,11-12,16,19,22H,8-10H2,1-2H3/t16-,19+/m0/s1. The molecule has 0 aromatic heterocycles. The Morgan fingerprint density at radius 3 is 2.52 bits per heavy atom. The molecule has 0 unspecified atom stereocenters. The minimum absolute atomic E-state index is 0.0571. The van der Waals surface area contributed by atoms with E-state index in [-0.39, 0.29) is 12.1 Å². The van der Waals surface area contributed by atoms with Crippen molar-refractivity contribution in [3.8, 4) is 11.5 Å². The highest BCUT2D eigenvalue weighted by molar-refractivity contribution is 5.84. The highest BCUT2D eigenvalue weighted by atomic mass is 16.5. The zero-order chi connectivity index (χ0) is 17.2. The molecule has 2 aliphatic heterocycles. The lowest BCUT2D eigenvalue weighted by molar-refractivity contribution is 0.317. The average Bonchev–Trinajstić information content (AvgIpc) is 3.21. The second kappa shape index (κ2) is 6.76. The normalized spacial score (nSPS) is 21.9. The number of rotatable bonds is 4. The Labute approximate surface area is 147 Å². The number of methoxy groups -OCH3 is 2. The molecule has 0 aliphatic carbocycles. The lowest BCUT2D eigenvalue weighted by Crippen LogP contribution is -2.45. The van der Waals surface area contributed by atoms with E-state index in [1.54, 1.807) is 14.2 Å². The van der Waals surface area contributed by atoms with Gasteiger partial charge < -0.3 is 14.2 Å². The van der Waals surface area contributed by atoms with E-state index in [1.807, 2.05) is 6.07 Å². The van der Waals surface area contributed by atoms with Crippen LogP contribution in [0.25, 0.3) is 0 Å². The first kappa shape index (κ1) is 16.0. The number of nitrogens with one attached hydrogen (secondary N) is 1. The molecule has 5 nitrogen and oxygen atoms in total. The molecule has 0 amide bonds. The fourth-order valence-electron chi connectivity index (χ4n) is 3.59. The van der Waals surface area contributed by atoms with Gasteiger partial charge in [0, 0.05) is 0 Å². The molecular weight excluding hydrogens is 316 g/mol. The third-order valence-corrected chi connectivity index (χ3v) is 4.79. The Balaban J connectivity index is 1.80. The molecule has 2 aromatic rings. The van der Waals surface area contributed by atoms with E-state index in [4.69, 9.17) is 14.2 Å². The van der Waals surface area contributed by atoms with Gasteiger partial charge in [0.15, 0.2) is 11.5 Å². The molecule has 130 valence electrons. The van der Waals surface area contributed by atoms with Gasteiger partial charge in [0.2, 0.25) is 5.90 Å².